The number of hydrogen-bond donors (Lipinski definition) is 1. The highest BCUT2D eigenvalue weighted by atomic mass is 32.1. The van der Waals surface area contributed by atoms with Gasteiger partial charge in [0, 0.05) is 22.6 Å². The van der Waals surface area contributed by atoms with Gasteiger partial charge < -0.3 is 14.5 Å². The Labute approximate surface area is 147 Å². The first-order valence-corrected chi connectivity index (χ1v) is 8.56. The fraction of sp³-hybridized carbons (Fsp3) is 0.333. The number of Topliss-reactive ketones (excluding diaryl/α,β-unsaturated/α-hetero) is 1. The average molecular weight is 363 g/mol. The fourth-order valence-electron chi connectivity index (χ4n) is 2.32. The van der Waals surface area contributed by atoms with E-state index in [0.717, 1.165) is 11.3 Å². The molecule has 2 aromatic rings. The molecule has 132 valence electrons. The number of ether oxygens (including phenoxy) is 2. The summed E-state index contributed by atoms with van der Waals surface area (Å²) in [5.41, 5.74) is 0.211. The van der Waals surface area contributed by atoms with E-state index in [9.17, 15) is 14.0 Å². The number of rotatable bonds is 2. The zero-order valence-electron chi connectivity index (χ0n) is 14.1. The molecule has 0 fully saturated rings. The minimum atomic E-state index is -0.528. The van der Waals surface area contributed by atoms with Gasteiger partial charge in [0.25, 0.3) is 5.56 Å². The number of aromatic amines is 1. The highest BCUT2D eigenvalue weighted by Gasteiger charge is 2.19. The monoisotopic (exact) mass is 363 g/mol. The Morgan fingerprint density at radius 1 is 1.36 bits per heavy atom. The van der Waals surface area contributed by atoms with Crippen molar-refractivity contribution in [2.24, 2.45) is 5.41 Å². The molecule has 2 heterocycles. The molecule has 1 aromatic heterocycles. The molecule has 0 atom stereocenters. The Morgan fingerprint density at radius 2 is 2.12 bits per heavy atom. The van der Waals surface area contributed by atoms with Gasteiger partial charge in [0.05, 0.1) is 15.8 Å². The summed E-state index contributed by atoms with van der Waals surface area (Å²) in [6, 6.07) is 2.67. The first kappa shape index (κ1) is 17.6. The minimum Gasteiger partial charge on any atom is -0.467 e. The summed E-state index contributed by atoms with van der Waals surface area (Å²) in [5, 5.41) is 0. The zero-order chi connectivity index (χ0) is 18.2. The Kier molecular flexibility index (Phi) is 4.62. The van der Waals surface area contributed by atoms with Gasteiger partial charge in [-0.25, -0.2) is 4.39 Å². The van der Waals surface area contributed by atoms with Crippen molar-refractivity contribution in [3.63, 3.8) is 0 Å². The molecule has 0 saturated heterocycles. The van der Waals surface area contributed by atoms with Crippen LogP contribution in [-0.4, -0.2) is 17.6 Å². The van der Waals surface area contributed by atoms with Crippen LogP contribution in [0.25, 0.3) is 12.2 Å². The van der Waals surface area contributed by atoms with Gasteiger partial charge in [0.1, 0.15) is 11.6 Å². The fourth-order valence-corrected chi connectivity index (χ4v) is 3.19. The van der Waals surface area contributed by atoms with Gasteiger partial charge in [-0.05, 0) is 18.2 Å². The van der Waals surface area contributed by atoms with Crippen molar-refractivity contribution in [2.75, 3.05) is 6.79 Å². The Bertz CT molecular complexity index is 998. The highest BCUT2D eigenvalue weighted by Crippen LogP contribution is 2.29. The Hall–Kier alpha value is -2.25. The second-order valence-electron chi connectivity index (χ2n) is 6.78. The largest absolute Gasteiger partial charge is 0.467 e. The number of ketones is 1. The number of hydrogen-bond acceptors (Lipinski definition) is 5. The van der Waals surface area contributed by atoms with Crippen LogP contribution in [-0.2, 0) is 16.1 Å². The molecule has 0 amide bonds. The third kappa shape index (κ3) is 3.88. The van der Waals surface area contributed by atoms with Crippen molar-refractivity contribution in [1.29, 1.82) is 0 Å². The smallest absolute Gasteiger partial charge is 0.266 e. The van der Waals surface area contributed by atoms with Crippen LogP contribution < -0.4 is 19.5 Å². The van der Waals surface area contributed by atoms with Gasteiger partial charge >= 0.3 is 0 Å². The molecule has 1 N–H and O–H groups in total. The number of aromatic nitrogens is 1. The van der Waals surface area contributed by atoms with Crippen molar-refractivity contribution in [3.05, 3.63) is 48.6 Å². The molecule has 0 radical (unpaired) electrons. The molecule has 1 aromatic carbocycles. The van der Waals surface area contributed by atoms with Crippen molar-refractivity contribution < 1.29 is 18.7 Å². The lowest BCUT2D eigenvalue weighted by atomic mass is 9.91. The van der Waals surface area contributed by atoms with E-state index in [2.05, 4.69) is 4.98 Å². The van der Waals surface area contributed by atoms with Gasteiger partial charge in [-0.3, -0.25) is 9.59 Å². The summed E-state index contributed by atoms with van der Waals surface area (Å²) in [6.07, 6.45) is 2.99. The van der Waals surface area contributed by atoms with E-state index in [1.807, 2.05) is 20.8 Å². The molecule has 0 saturated carbocycles. The van der Waals surface area contributed by atoms with Crippen LogP contribution >= 0.6 is 11.3 Å². The zero-order valence-corrected chi connectivity index (χ0v) is 15.0. The van der Waals surface area contributed by atoms with Crippen molar-refractivity contribution in [2.45, 2.75) is 27.4 Å². The summed E-state index contributed by atoms with van der Waals surface area (Å²) in [7, 11) is 0. The molecule has 1 aliphatic rings. The molecular weight excluding hydrogens is 345 g/mol. The first-order chi connectivity index (χ1) is 11.7. The minimum absolute atomic E-state index is 0.0827. The molecular formula is C18H18FNO4S. The predicted molar refractivity (Wildman–Crippen MR) is 93.4 cm³/mol. The lowest BCUT2D eigenvalue weighted by Crippen LogP contribution is -2.22. The predicted octanol–water partition coefficient (Wildman–Crippen LogP) is 1.67. The molecule has 0 bridgehead atoms. The molecule has 0 unspecified atom stereocenters. The Balaban J connectivity index is 2.10. The third-order valence-electron chi connectivity index (χ3n) is 3.67. The number of carbonyl (C=O) groups is 1. The van der Waals surface area contributed by atoms with Crippen LogP contribution in [0.15, 0.2) is 16.9 Å². The molecule has 5 nitrogen and oxygen atoms in total. The lowest BCUT2D eigenvalue weighted by molar-refractivity contribution is -0.119. The highest BCUT2D eigenvalue weighted by molar-refractivity contribution is 7.07. The van der Waals surface area contributed by atoms with E-state index in [1.165, 1.54) is 18.2 Å². The number of fused-ring (bicyclic) bond motifs is 1. The number of H-pyrrole nitrogens is 1. The van der Waals surface area contributed by atoms with Crippen LogP contribution in [0.4, 0.5) is 4.39 Å². The maximum Gasteiger partial charge on any atom is 0.266 e. The number of halogens is 1. The second kappa shape index (κ2) is 6.57. The van der Waals surface area contributed by atoms with Crippen LogP contribution in [0.5, 0.6) is 5.75 Å². The van der Waals surface area contributed by atoms with Crippen LogP contribution in [0.1, 0.15) is 31.9 Å². The first-order valence-electron chi connectivity index (χ1n) is 7.74. The molecule has 7 heteroatoms. The second-order valence-corrected chi connectivity index (χ2v) is 7.87. The standard InChI is InChI=1S/C18H18FNO4S/c1-18(2,3)14(21)7-15-20-17(22)13(25-15)6-10-4-12(19)5-11-8-23-9-24-16(10)11/h4-7H,8-9H2,1-3H3,(H,20,22). The molecule has 3 rings (SSSR count). The van der Waals surface area contributed by atoms with E-state index in [0.29, 0.717) is 26.1 Å². The van der Waals surface area contributed by atoms with Crippen LogP contribution in [0.2, 0.25) is 0 Å². The number of benzene rings is 1. The van der Waals surface area contributed by atoms with Crippen LogP contribution in [0, 0.1) is 11.2 Å². The molecule has 1 aliphatic heterocycles. The van der Waals surface area contributed by atoms with Crippen molar-refractivity contribution in [3.8, 4) is 5.75 Å². The summed E-state index contributed by atoms with van der Waals surface area (Å²) in [6.45, 7) is 5.77. The van der Waals surface area contributed by atoms with Gasteiger partial charge in [-0.2, -0.15) is 0 Å². The maximum absolute atomic E-state index is 13.8. The van der Waals surface area contributed by atoms with Gasteiger partial charge in [-0.1, -0.05) is 20.8 Å². The van der Waals surface area contributed by atoms with Crippen LogP contribution in [0.3, 0.4) is 0 Å². The van der Waals surface area contributed by atoms with Crippen molar-refractivity contribution in [1.82, 2.24) is 4.98 Å². The average Bonchev–Trinajstić information content (AvgIpc) is 2.85. The molecule has 25 heavy (non-hydrogen) atoms. The van der Waals surface area contributed by atoms with E-state index in [1.54, 1.807) is 6.08 Å². The van der Waals surface area contributed by atoms with E-state index >= 15 is 0 Å². The Morgan fingerprint density at radius 3 is 2.84 bits per heavy atom. The summed E-state index contributed by atoms with van der Waals surface area (Å²) in [5.74, 6) is -0.00121. The topological polar surface area (TPSA) is 68.4 Å². The summed E-state index contributed by atoms with van der Waals surface area (Å²) < 4.78 is 25.2. The van der Waals surface area contributed by atoms with Gasteiger partial charge in [0.2, 0.25) is 0 Å². The quantitative estimate of drug-likeness (QED) is 0.881. The maximum atomic E-state index is 13.8. The normalized spacial score (nSPS) is 15.8. The van der Waals surface area contributed by atoms with Gasteiger partial charge in [-0.15, -0.1) is 11.3 Å². The summed E-state index contributed by atoms with van der Waals surface area (Å²) >= 11 is 1.15. The third-order valence-corrected chi connectivity index (χ3v) is 4.63. The van der Waals surface area contributed by atoms with Crippen molar-refractivity contribution >= 4 is 29.3 Å². The van der Waals surface area contributed by atoms with E-state index in [-0.39, 0.29) is 24.7 Å². The molecule has 0 aliphatic carbocycles. The van der Waals surface area contributed by atoms with E-state index in [4.69, 9.17) is 9.47 Å². The lowest BCUT2D eigenvalue weighted by Gasteiger charge is -2.19. The summed E-state index contributed by atoms with van der Waals surface area (Å²) in [4.78, 5) is 26.9. The SMILES string of the molecule is CC(C)(C)C(=O)C=c1[nH]c(=O)c(=Cc2cc(F)cc3c2OCOC3)s1. The number of carbonyl (C=O) groups excluding carboxylic acids is 1. The van der Waals surface area contributed by atoms with E-state index < -0.39 is 11.2 Å². The number of thiazole rings is 1. The van der Waals surface area contributed by atoms with Gasteiger partial charge in [0.15, 0.2) is 12.6 Å². The molecule has 0 spiro atoms. The number of nitrogens with one attached hydrogen (secondary N) is 1.